The van der Waals surface area contributed by atoms with Gasteiger partial charge in [0, 0.05) is 25.2 Å². The number of hydrogen-bond donors (Lipinski definition) is 1. The zero-order chi connectivity index (χ0) is 14.7. The Kier molecular flexibility index (Phi) is 5.22. The van der Waals surface area contributed by atoms with Crippen LogP contribution in [0.2, 0.25) is 0 Å². The van der Waals surface area contributed by atoms with Gasteiger partial charge >= 0.3 is 0 Å². The highest BCUT2D eigenvalue weighted by Gasteiger charge is 2.41. The summed E-state index contributed by atoms with van der Waals surface area (Å²) in [6.45, 7) is 10.0. The van der Waals surface area contributed by atoms with Crippen LogP contribution in [0.15, 0.2) is 12.4 Å². The van der Waals surface area contributed by atoms with Crippen LogP contribution in [0.5, 0.6) is 0 Å². The molecule has 1 aromatic rings. The normalized spacial score (nSPS) is 31.6. The Morgan fingerprint density at radius 3 is 2.60 bits per heavy atom. The molecule has 0 aliphatic carbocycles. The maximum absolute atomic E-state index is 6.03. The van der Waals surface area contributed by atoms with Crippen LogP contribution >= 0.6 is 0 Å². The summed E-state index contributed by atoms with van der Waals surface area (Å²) in [7, 11) is 1.98. The second-order valence-corrected chi connectivity index (χ2v) is 6.27. The second-order valence-electron chi connectivity index (χ2n) is 6.27. The Bertz CT molecular complexity index is 418. The molecule has 0 spiro atoms. The molecule has 4 heteroatoms. The predicted octanol–water partition coefficient (Wildman–Crippen LogP) is 2.39. The van der Waals surface area contributed by atoms with E-state index in [-0.39, 0.29) is 0 Å². The summed E-state index contributed by atoms with van der Waals surface area (Å²) < 4.78 is 7.91. The quantitative estimate of drug-likeness (QED) is 0.869. The third kappa shape index (κ3) is 3.41. The molecular formula is C16H29N3O. The van der Waals surface area contributed by atoms with Gasteiger partial charge in [0.1, 0.15) is 0 Å². The highest BCUT2D eigenvalue weighted by Crippen LogP contribution is 2.35. The summed E-state index contributed by atoms with van der Waals surface area (Å²) in [5.74, 6) is 1.16. The molecule has 0 saturated carbocycles. The van der Waals surface area contributed by atoms with Gasteiger partial charge in [0.25, 0.3) is 0 Å². The fourth-order valence-corrected chi connectivity index (χ4v) is 3.49. The molecule has 1 aliphatic heterocycles. The Balaban J connectivity index is 2.10. The van der Waals surface area contributed by atoms with Crippen LogP contribution in [0.3, 0.4) is 0 Å². The van der Waals surface area contributed by atoms with Crippen molar-refractivity contribution in [2.45, 2.75) is 58.8 Å². The lowest BCUT2D eigenvalue weighted by atomic mass is 9.81. The fraction of sp³-hybridized carbons (Fsp3) is 0.812. The molecule has 0 aromatic carbocycles. The van der Waals surface area contributed by atoms with Crippen LogP contribution in [0, 0.1) is 11.8 Å². The fourth-order valence-electron chi connectivity index (χ4n) is 3.49. The topological polar surface area (TPSA) is 39.1 Å². The van der Waals surface area contributed by atoms with E-state index >= 15 is 0 Å². The lowest BCUT2D eigenvalue weighted by Crippen LogP contribution is -2.43. The van der Waals surface area contributed by atoms with Gasteiger partial charge in [-0.2, -0.15) is 5.10 Å². The smallest absolute Gasteiger partial charge is 0.0597 e. The van der Waals surface area contributed by atoms with Crippen LogP contribution < -0.4 is 5.32 Å². The van der Waals surface area contributed by atoms with Crippen molar-refractivity contribution >= 4 is 0 Å². The third-order valence-electron chi connectivity index (χ3n) is 4.65. The Labute approximate surface area is 122 Å². The summed E-state index contributed by atoms with van der Waals surface area (Å²) in [6.07, 6.45) is 6.98. The molecule has 1 aromatic heterocycles. The van der Waals surface area contributed by atoms with Gasteiger partial charge in [-0.3, -0.25) is 4.68 Å². The first-order valence-electron chi connectivity index (χ1n) is 7.89. The Hall–Kier alpha value is -0.870. The van der Waals surface area contributed by atoms with Crippen molar-refractivity contribution in [3.05, 3.63) is 18.0 Å². The molecule has 1 fully saturated rings. The molecular weight excluding hydrogens is 250 g/mol. The van der Waals surface area contributed by atoms with Gasteiger partial charge in [-0.1, -0.05) is 13.8 Å². The number of rotatable bonds is 6. The van der Waals surface area contributed by atoms with Gasteiger partial charge < -0.3 is 10.1 Å². The largest absolute Gasteiger partial charge is 0.375 e. The van der Waals surface area contributed by atoms with Crippen LogP contribution in [0.1, 0.15) is 39.7 Å². The molecule has 4 nitrogen and oxygen atoms in total. The summed E-state index contributed by atoms with van der Waals surface area (Å²) in [5, 5.41) is 8.02. The first kappa shape index (κ1) is 15.5. The zero-order valence-electron chi connectivity index (χ0n) is 13.5. The Morgan fingerprint density at radius 2 is 2.10 bits per heavy atom. The number of ether oxygens (including phenoxy) is 1. The second kappa shape index (κ2) is 6.72. The summed E-state index contributed by atoms with van der Waals surface area (Å²) in [6, 6.07) is 0.467. The van der Waals surface area contributed by atoms with E-state index < -0.39 is 0 Å². The molecule has 1 aliphatic rings. The highest BCUT2D eigenvalue weighted by atomic mass is 16.5. The monoisotopic (exact) mass is 279 g/mol. The number of aryl methyl sites for hydroxylation is 1. The van der Waals surface area contributed by atoms with E-state index in [0.717, 1.165) is 19.4 Å². The molecule has 20 heavy (non-hydrogen) atoms. The van der Waals surface area contributed by atoms with E-state index in [4.69, 9.17) is 4.74 Å². The molecule has 1 N–H and O–H groups in total. The lowest BCUT2D eigenvalue weighted by molar-refractivity contribution is 0.0476. The van der Waals surface area contributed by atoms with E-state index in [1.54, 1.807) is 0 Å². The average Bonchev–Trinajstić information content (AvgIpc) is 2.90. The SMILES string of the molecule is CCCNC(Cc1cnn(C)c1)C1C(C)OC(C)C1C. The molecule has 0 amide bonds. The third-order valence-corrected chi connectivity index (χ3v) is 4.65. The van der Waals surface area contributed by atoms with Crippen LogP contribution in [0.4, 0.5) is 0 Å². The van der Waals surface area contributed by atoms with Gasteiger partial charge in [0.15, 0.2) is 0 Å². The number of nitrogens with zero attached hydrogens (tertiary/aromatic N) is 2. The molecule has 5 atom stereocenters. The zero-order valence-corrected chi connectivity index (χ0v) is 13.5. The molecule has 0 bridgehead atoms. The molecule has 5 unspecified atom stereocenters. The van der Waals surface area contributed by atoms with Crippen LogP contribution in [-0.4, -0.2) is 34.6 Å². The predicted molar refractivity (Wildman–Crippen MR) is 81.7 cm³/mol. The minimum absolute atomic E-state index is 0.325. The van der Waals surface area contributed by atoms with Crippen molar-refractivity contribution in [1.29, 1.82) is 0 Å². The van der Waals surface area contributed by atoms with E-state index in [0.29, 0.717) is 30.1 Å². The Morgan fingerprint density at radius 1 is 1.35 bits per heavy atom. The van der Waals surface area contributed by atoms with Gasteiger partial charge in [0.2, 0.25) is 0 Å². The number of aromatic nitrogens is 2. The van der Waals surface area contributed by atoms with Gasteiger partial charge in [-0.25, -0.2) is 0 Å². The summed E-state index contributed by atoms with van der Waals surface area (Å²) >= 11 is 0. The van der Waals surface area contributed by atoms with Crippen molar-refractivity contribution in [3.8, 4) is 0 Å². The van der Waals surface area contributed by atoms with Crippen molar-refractivity contribution in [3.63, 3.8) is 0 Å². The number of nitrogens with one attached hydrogen (secondary N) is 1. The molecule has 0 radical (unpaired) electrons. The lowest BCUT2D eigenvalue weighted by Gasteiger charge is -2.29. The van der Waals surface area contributed by atoms with E-state index in [1.165, 1.54) is 5.56 Å². The maximum atomic E-state index is 6.03. The van der Waals surface area contributed by atoms with Gasteiger partial charge in [0.05, 0.1) is 18.4 Å². The minimum Gasteiger partial charge on any atom is -0.375 e. The molecule has 2 rings (SSSR count). The van der Waals surface area contributed by atoms with E-state index in [2.05, 4.69) is 44.3 Å². The summed E-state index contributed by atoms with van der Waals surface area (Å²) in [5.41, 5.74) is 1.31. The first-order valence-corrected chi connectivity index (χ1v) is 7.89. The van der Waals surface area contributed by atoms with Crippen molar-refractivity contribution in [2.75, 3.05) is 6.54 Å². The van der Waals surface area contributed by atoms with Crippen molar-refractivity contribution in [1.82, 2.24) is 15.1 Å². The van der Waals surface area contributed by atoms with Crippen LogP contribution in [0.25, 0.3) is 0 Å². The van der Waals surface area contributed by atoms with E-state index in [9.17, 15) is 0 Å². The first-order chi connectivity index (χ1) is 9.52. The average molecular weight is 279 g/mol. The highest BCUT2D eigenvalue weighted by molar-refractivity contribution is 5.08. The van der Waals surface area contributed by atoms with Gasteiger partial charge in [-0.15, -0.1) is 0 Å². The molecule has 114 valence electrons. The van der Waals surface area contributed by atoms with Crippen LogP contribution in [-0.2, 0) is 18.2 Å². The van der Waals surface area contributed by atoms with Crippen molar-refractivity contribution < 1.29 is 4.74 Å². The molecule has 2 heterocycles. The van der Waals surface area contributed by atoms with Crippen molar-refractivity contribution in [2.24, 2.45) is 18.9 Å². The number of hydrogen-bond acceptors (Lipinski definition) is 3. The van der Waals surface area contributed by atoms with E-state index in [1.807, 2.05) is 17.9 Å². The standard InChI is InChI=1S/C16H29N3O/c1-6-7-17-15(8-14-9-18-19(5)10-14)16-11(2)12(3)20-13(16)4/h9-13,15-17H,6-8H2,1-5H3. The summed E-state index contributed by atoms with van der Waals surface area (Å²) in [4.78, 5) is 0. The van der Waals surface area contributed by atoms with Gasteiger partial charge in [-0.05, 0) is 44.7 Å². The molecule has 1 saturated heterocycles. The minimum atomic E-state index is 0.325. The maximum Gasteiger partial charge on any atom is 0.0597 e.